The fourth-order valence-corrected chi connectivity index (χ4v) is 4.00. The van der Waals surface area contributed by atoms with Crippen molar-refractivity contribution in [2.75, 3.05) is 12.3 Å². The molecule has 0 spiro atoms. The SMILES string of the molecule is CCP1(Cl)(Cl)C=CCC1. The van der Waals surface area contributed by atoms with Gasteiger partial charge in [-0.2, -0.15) is 0 Å². The minimum atomic E-state index is -2.25. The van der Waals surface area contributed by atoms with E-state index in [9.17, 15) is 0 Å². The van der Waals surface area contributed by atoms with Crippen LogP contribution < -0.4 is 0 Å². The van der Waals surface area contributed by atoms with Crippen LogP contribution in [0, 0.1) is 0 Å². The molecule has 54 valence electrons. The summed E-state index contributed by atoms with van der Waals surface area (Å²) >= 11 is 12.4. The average molecular weight is 185 g/mol. The van der Waals surface area contributed by atoms with Gasteiger partial charge >= 0.3 is 65.4 Å². The monoisotopic (exact) mass is 184 g/mol. The Hall–Kier alpha value is 0.750. The molecule has 1 aliphatic rings. The molecule has 0 fully saturated rings. The molecule has 1 rings (SSSR count). The second kappa shape index (κ2) is 2.12. The first-order valence-electron chi connectivity index (χ1n) is 3.18. The number of halogens is 2. The van der Waals surface area contributed by atoms with Crippen LogP contribution in [0.1, 0.15) is 13.3 Å². The normalized spacial score (nSPS) is 33.4. The van der Waals surface area contributed by atoms with Gasteiger partial charge in [0.1, 0.15) is 0 Å². The van der Waals surface area contributed by atoms with E-state index in [2.05, 4.69) is 13.0 Å². The molecule has 0 aromatic rings. The van der Waals surface area contributed by atoms with Crippen LogP contribution in [0.4, 0.5) is 0 Å². The summed E-state index contributed by atoms with van der Waals surface area (Å²) in [4.78, 5) is 0. The van der Waals surface area contributed by atoms with Crippen molar-refractivity contribution in [3.8, 4) is 0 Å². The van der Waals surface area contributed by atoms with Crippen LogP contribution in [-0.4, -0.2) is 12.3 Å². The third-order valence-corrected chi connectivity index (χ3v) is 8.27. The van der Waals surface area contributed by atoms with Gasteiger partial charge in [-0.15, -0.1) is 0 Å². The zero-order valence-corrected chi connectivity index (χ0v) is 7.89. The number of hydrogen-bond donors (Lipinski definition) is 0. The Kier molecular flexibility index (Phi) is 1.85. The van der Waals surface area contributed by atoms with Gasteiger partial charge in [0, 0.05) is 0 Å². The van der Waals surface area contributed by atoms with E-state index in [0.717, 1.165) is 18.7 Å². The summed E-state index contributed by atoms with van der Waals surface area (Å²) in [5.74, 6) is 2.04. The molecule has 0 unspecified atom stereocenters. The van der Waals surface area contributed by atoms with Crippen molar-refractivity contribution in [2.24, 2.45) is 0 Å². The maximum absolute atomic E-state index is 6.22. The van der Waals surface area contributed by atoms with E-state index in [0.29, 0.717) is 0 Å². The number of rotatable bonds is 1. The summed E-state index contributed by atoms with van der Waals surface area (Å²) in [5.41, 5.74) is 0. The van der Waals surface area contributed by atoms with Crippen molar-refractivity contribution < 1.29 is 0 Å². The topological polar surface area (TPSA) is 0 Å². The third kappa shape index (κ3) is 1.61. The van der Waals surface area contributed by atoms with Crippen molar-refractivity contribution in [3.63, 3.8) is 0 Å². The molecule has 0 bridgehead atoms. The molecular formula is C6H11Cl2P. The molecule has 0 aromatic heterocycles. The van der Waals surface area contributed by atoms with Gasteiger partial charge in [0.15, 0.2) is 0 Å². The van der Waals surface area contributed by atoms with E-state index in [4.69, 9.17) is 22.5 Å². The number of hydrogen-bond acceptors (Lipinski definition) is 0. The fraction of sp³-hybridized carbons (Fsp3) is 0.667. The molecule has 0 aliphatic carbocycles. The van der Waals surface area contributed by atoms with Crippen molar-refractivity contribution in [2.45, 2.75) is 13.3 Å². The Bertz CT molecular complexity index is 151. The molecule has 1 heterocycles. The van der Waals surface area contributed by atoms with E-state index in [1.54, 1.807) is 0 Å². The van der Waals surface area contributed by atoms with Gasteiger partial charge in [0.2, 0.25) is 0 Å². The van der Waals surface area contributed by atoms with E-state index in [1.165, 1.54) is 0 Å². The maximum atomic E-state index is 6.22. The zero-order valence-electron chi connectivity index (χ0n) is 5.48. The predicted molar refractivity (Wildman–Crippen MR) is 47.8 cm³/mol. The minimum absolute atomic E-state index is 0.922. The molecule has 0 radical (unpaired) electrons. The summed E-state index contributed by atoms with van der Waals surface area (Å²) in [7, 11) is 0. The Morgan fingerprint density at radius 1 is 1.56 bits per heavy atom. The Labute approximate surface area is 65.7 Å². The first-order valence-corrected chi connectivity index (χ1v) is 7.66. The van der Waals surface area contributed by atoms with Crippen LogP contribution in [0.5, 0.6) is 0 Å². The van der Waals surface area contributed by atoms with Gasteiger partial charge in [0.25, 0.3) is 0 Å². The first kappa shape index (κ1) is 7.85. The van der Waals surface area contributed by atoms with E-state index in [-0.39, 0.29) is 0 Å². The molecule has 0 amide bonds. The van der Waals surface area contributed by atoms with Crippen molar-refractivity contribution in [1.29, 1.82) is 0 Å². The standard InChI is InChI=1S/C6H11Cl2P/c1-2-9(7,8)5-3-4-6-9/h3,5H,2,4,6H2,1H3. The molecule has 0 aromatic carbocycles. The molecule has 1 aliphatic heterocycles. The van der Waals surface area contributed by atoms with Gasteiger partial charge in [-0.05, 0) is 0 Å². The van der Waals surface area contributed by atoms with Crippen LogP contribution in [0.3, 0.4) is 0 Å². The Morgan fingerprint density at radius 3 is 2.44 bits per heavy atom. The van der Waals surface area contributed by atoms with Gasteiger partial charge in [0.05, 0.1) is 0 Å². The van der Waals surface area contributed by atoms with E-state index in [1.807, 2.05) is 5.82 Å². The van der Waals surface area contributed by atoms with Crippen molar-refractivity contribution in [1.82, 2.24) is 0 Å². The quantitative estimate of drug-likeness (QED) is 0.545. The summed E-state index contributed by atoms with van der Waals surface area (Å²) in [6.45, 7) is 2.06. The zero-order chi connectivity index (χ0) is 6.98. The Morgan fingerprint density at radius 2 is 2.22 bits per heavy atom. The number of allylic oxidation sites excluding steroid dienone is 1. The van der Waals surface area contributed by atoms with Gasteiger partial charge in [-0.25, -0.2) is 0 Å². The first-order chi connectivity index (χ1) is 4.05. The summed E-state index contributed by atoms with van der Waals surface area (Å²) < 4.78 is 0. The summed E-state index contributed by atoms with van der Waals surface area (Å²) in [5, 5.41) is -2.25. The van der Waals surface area contributed by atoms with Crippen LogP contribution in [0.2, 0.25) is 0 Å². The van der Waals surface area contributed by atoms with Gasteiger partial charge in [-0.3, -0.25) is 0 Å². The summed E-state index contributed by atoms with van der Waals surface area (Å²) in [6.07, 6.45) is 5.08. The molecule has 0 N–H and O–H groups in total. The molecule has 0 atom stereocenters. The van der Waals surface area contributed by atoms with E-state index >= 15 is 0 Å². The third-order valence-electron chi connectivity index (χ3n) is 1.83. The fourth-order valence-electron chi connectivity index (χ4n) is 0.979. The van der Waals surface area contributed by atoms with Crippen LogP contribution >= 0.6 is 27.8 Å². The van der Waals surface area contributed by atoms with Crippen molar-refractivity contribution >= 4 is 27.8 Å². The summed E-state index contributed by atoms with van der Waals surface area (Å²) in [6, 6.07) is 0. The van der Waals surface area contributed by atoms with Crippen LogP contribution in [0.25, 0.3) is 0 Å². The van der Waals surface area contributed by atoms with Crippen LogP contribution in [0.15, 0.2) is 11.9 Å². The predicted octanol–water partition coefficient (Wildman–Crippen LogP) is 3.78. The van der Waals surface area contributed by atoms with Crippen LogP contribution in [-0.2, 0) is 0 Å². The molecular weight excluding hydrogens is 174 g/mol. The molecule has 9 heavy (non-hydrogen) atoms. The van der Waals surface area contributed by atoms with Gasteiger partial charge < -0.3 is 0 Å². The van der Waals surface area contributed by atoms with E-state index < -0.39 is 5.31 Å². The average Bonchev–Trinajstić information content (AvgIpc) is 2.14. The molecule has 3 heteroatoms. The second-order valence-electron chi connectivity index (χ2n) is 2.54. The molecule has 0 saturated carbocycles. The molecule has 0 saturated heterocycles. The Balaban J connectivity index is 2.82. The van der Waals surface area contributed by atoms with Crippen molar-refractivity contribution in [3.05, 3.63) is 11.9 Å². The molecule has 0 nitrogen and oxygen atoms in total. The van der Waals surface area contributed by atoms with Gasteiger partial charge in [-0.1, -0.05) is 0 Å². The second-order valence-corrected chi connectivity index (χ2v) is 12.1.